The fraction of sp³-hybridized carbons (Fsp3) is 0. The van der Waals surface area contributed by atoms with Crippen LogP contribution in [0.5, 0.6) is 0 Å². The molecular weight excluding hydrogens is 328 g/mol. The molecule has 0 saturated heterocycles. The standard InChI is InChI=1S/C18H13F2N3O2/c19-13-5-7-16(8-6-13)23-11-12(4-9-17(23)24)18(25)22-21-15-3-1-2-14(20)10-15/h1-11,21H,(H,22,25). The maximum atomic E-state index is 13.1. The minimum absolute atomic E-state index is 0.202. The van der Waals surface area contributed by atoms with E-state index in [1.807, 2.05) is 0 Å². The van der Waals surface area contributed by atoms with E-state index < -0.39 is 17.5 Å². The second-order valence-electron chi connectivity index (χ2n) is 5.19. The van der Waals surface area contributed by atoms with E-state index in [4.69, 9.17) is 0 Å². The molecule has 126 valence electrons. The predicted octanol–water partition coefficient (Wildman–Crippen LogP) is 2.87. The summed E-state index contributed by atoms with van der Waals surface area (Å²) in [5, 5.41) is 0. The van der Waals surface area contributed by atoms with Gasteiger partial charge in [0.15, 0.2) is 0 Å². The number of halogens is 2. The summed E-state index contributed by atoms with van der Waals surface area (Å²) >= 11 is 0. The molecule has 1 aromatic heterocycles. The number of anilines is 1. The predicted molar refractivity (Wildman–Crippen MR) is 89.5 cm³/mol. The van der Waals surface area contributed by atoms with Gasteiger partial charge in [-0.3, -0.25) is 25.0 Å². The third kappa shape index (κ3) is 3.89. The maximum Gasteiger partial charge on any atom is 0.271 e. The first-order valence-corrected chi connectivity index (χ1v) is 7.33. The van der Waals surface area contributed by atoms with Crippen molar-refractivity contribution in [3.05, 3.63) is 94.4 Å². The molecule has 2 N–H and O–H groups in total. The lowest BCUT2D eigenvalue weighted by molar-refractivity contribution is 0.0962. The molecule has 3 rings (SSSR count). The summed E-state index contributed by atoms with van der Waals surface area (Å²) in [6.45, 7) is 0. The van der Waals surface area contributed by atoms with Gasteiger partial charge in [0.05, 0.1) is 11.3 Å². The molecule has 0 aliphatic rings. The van der Waals surface area contributed by atoms with Crippen molar-refractivity contribution >= 4 is 11.6 Å². The van der Waals surface area contributed by atoms with Crippen molar-refractivity contribution in [2.45, 2.75) is 0 Å². The normalized spacial score (nSPS) is 10.3. The molecule has 0 fully saturated rings. The molecule has 0 bridgehead atoms. The van der Waals surface area contributed by atoms with Crippen LogP contribution in [0.1, 0.15) is 10.4 Å². The fourth-order valence-electron chi connectivity index (χ4n) is 2.19. The summed E-state index contributed by atoms with van der Waals surface area (Å²) in [6.07, 6.45) is 1.35. The SMILES string of the molecule is O=C(NNc1cccc(F)c1)c1ccc(=O)n(-c2ccc(F)cc2)c1. The van der Waals surface area contributed by atoms with E-state index in [-0.39, 0.29) is 11.1 Å². The van der Waals surface area contributed by atoms with Crippen LogP contribution in [0, 0.1) is 11.6 Å². The number of benzene rings is 2. The number of rotatable bonds is 4. The maximum absolute atomic E-state index is 13.1. The van der Waals surface area contributed by atoms with Gasteiger partial charge in [0, 0.05) is 18.0 Å². The van der Waals surface area contributed by atoms with Gasteiger partial charge >= 0.3 is 0 Å². The van der Waals surface area contributed by atoms with Crippen molar-refractivity contribution in [1.29, 1.82) is 0 Å². The lowest BCUT2D eigenvalue weighted by Gasteiger charge is -2.10. The third-order valence-corrected chi connectivity index (χ3v) is 3.42. The van der Waals surface area contributed by atoms with E-state index in [0.717, 1.165) is 0 Å². The summed E-state index contributed by atoms with van der Waals surface area (Å²) in [5.74, 6) is -1.38. The fourth-order valence-corrected chi connectivity index (χ4v) is 2.19. The molecule has 0 aliphatic heterocycles. The van der Waals surface area contributed by atoms with Crippen molar-refractivity contribution < 1.29 is 13.6 Å². The Labute approximate surface area is 141 Å². The number of hydrogen-bond donors (Lipinski definition) is 2. The second kappa shape index (κ2) is 6.96. The zero-order valence-electron chi connectivity index (χ0n) is 12.9. The van der Waals surface area contributed by atoms with Gasteiger partial charge in [-0.05, 0) is 48.5 Å². The highest BCUT2D eigenvalue weighted by atomic mass is 19.1. The Balaban J connectivity index is 1.80. The van der Waals surface area contributed by atoms with Crippen LogP contribution in [-0.4, -0.2) is 10.5 Å². The van der Waals surface area contributed by atoms with Crippen LogP contribution in [0.2, 0.25) is 0 Å². The molecule has 0 aliphatic carbocycles. The highest BCUT2D eigenvalue weighted by Crippen LogP contribution is 2.09. The van der Waals surface area contributed by atoms with Crippen molar-refractivity contribution in [1.82, 2.24) is 9.99 Å². The van der Waals surface area contributed by atoms with Crippen molar-refractivity contribution in [3.63, 3.8) is 0 Å². The Kier molecular flexibility index (Phi) is 4.56. The van der Waals surface area contributed by atoms with Gasteiger partial charge in [-0.25, -0.2) is 8.78 Å². The molecule has 1 heterocycles. The highest BCUT2D eigenvalue weighted by Gasteiger charge is 2.09. The molecule has 0 atom stereocenters. The molecule has 5 nitrogen and oxygen atoms in total. The lowest BCUT2D eigenvalue weighted by Crippen LogP contribution is -2.30. The number of hydrogen-bond acceptors (Lipinski definition) is 3. The Bertz CT molecular complexity index is 969. The summed E-state index contributed by atoms with van der Waals surface area (Å²) in [5.41, 5.74) is 5.65. The first-order chi connectivity index (χ1) is 12.0. The van der Waals surface area contributed by atoms with E-state index in [1.165, 1.54) is 65.4 Å². The smallest absolute Gasteiger partial charge is 0.271 e. The Morgan fingerprint density at radius 2 is 1.68 bits per heavy atom. The van der Waals surface area contributed by atoms with Crippen LogP contribution in [-0.2, 0) is 0 Å². The topological polar surface area (TPSA) is 63.1 Å². The number of nitrogens with one attached hydrogen (secondary N) is 2. The lowest BCUT2D eigenvalue weighted by atomic mass is 10.2. The molecule has 1 amide bonds. The Morgan fingerprint density at radius 1 is 0.920 bits per heavy atom. The summed E-state index contributed by atoms with van der Waals surface area (Å²) in [7, 11) is 0. The van der Waals surface area contributed by atoms with Gasteiger partial charge in [-0.15, -0.1) is 0 Å². The zero-order chi connectivity index (χ0) is 17.8. The van der Waals surface area contributed by atoms with Crippen LogP contribution >= 0.6 is 0 Å². The largest absolute Gasteiger partial charge is 0.298 e. The van der Waals surface area contributed by atoms with E-state index in [9.17, 15) is 18.4 Å². The third-order valence-electron chi connectivity index (χ3n) is 3.42. The number of nitrogens with zero attached hydrogens (tertiary/aromatic N) is 1. The average molecular weight is 341 g/mol. The number of carbonyl (C=O) groups is 1. The molecule has 7 heteroatoms. The van der Waals surface area contributed by atoms with Crippen LogP contribution in [0.4, 0.5) is 14.5 Å². The van der Waals surface area contributed by atoms with Crippen LogP contribution in [0.3, 0.4) is 0 Å². The minimum atomic E-state index is -0.514. The van der Waals surface area contributed by atoms with Gasteiger partial charge in [0.25, 0.3) is 11.5 Å². The van der Waals surface area contributed by atoms with Gasteiger partial charge in [-0.2, -0.15) is 0 Å². The van der Waals surface area contributed by atoms with Crippen LogP contribution in [0.25, 0.3) is 5.69 Å². The number of aromatic nitrogens is 1. The van der Waals surface area contributed by atoms with E-state index in [0.29, 0.717) is 11.4 Å². The van der Waals surface area contributed by atoms with Crippen molar-refractivity contribution in [2.75, 3.05) is 5.43 Å². The molecule has 0 saturated carbocycles. The summed E-state index contributed by atoms with van der Waals surface area (Å²) in [6, 6.07) is 13.5. The van der Waals surface area contributed by atoms with Gasteiger partial charge in [0.2, 0.25) is 0 Å². The zero-order valence-corrected chi connectivity index (χ0v) is 12.9. The Hall–Kier alpha value is -3.48. The first-order valence-electron chi connectivity index (χ1n) is 7.33. The molecule has 3 aromatic rings. The molecule has 0 radical (unpaired) electrons. The molecule has 25 heavy (non-hydrogen) atoms. The van der Waals surface area contributed by atoms with Gasteiger partial charge < -0.3 is 0 Å². The first kappa shape index (κ1) is 16.4. The Morgan fingerprint density at radius 3 is 2.40 bits per heavy atom. The summed E-state index contributed by atoms with van der Waals surface area (Å²) in [4.78, 5) is 24.2. The molecule has 2 aromatic carbocycles. The van der Waals surface area contributed by atoms with Gasteiger partial charge in [0.1, 0.15) is 11.6 Å². The highest BCUT2D eigenvalue weighted by molar-refractivity contribution is 5.94. The van der Waals surface area contributed by atoms with E-state index in [2.05, 4.69) is 10.9 Å². The van der Waals surface area contributed by atoms with E-state index in [1.54, 1.807) is 6.07 Å². The number of pyridine rings is 1. The second-order valence-corrected chi connectivity index (χ2v) is 5.19. The van der Waals surface area contributed by atoms with E-state index >= 15 is 0 Å². The molecular formula is C18H13F2N3O2. The number of hydrazine groups is 1. The molecule has 0 unspecified atom stereocenters. The van der Waals surface area contributed by atoms with Crippen LogP contribution < -0.4 is 16.4 Å². The van der Waals surface area contributed by atoms with Crippen molar-refractivity contribution in [3.8, 4) is 5.69 Å². The number of amides is 1. The van der Waals surface area contributed by atoms with Crippen molar-refractivity contribution in [2.24, 2.45) is 0 Å². The average Bonchev–Trinajstić information content (AvgIpc) is 2.61. The minimum Gasteiger partial charge on any atom is -0.298 e. The summed E-state index contributed by atoms with van der Waals surface area (Å²) < 4.78 is 27.4. The number of carbonyl (C=O) groups excluding carboxylic acids is 1. The van der Waals surface area contributed by atoms with Gasteiger partial charge in [-0.1, -0.05) is 6.07 Å². The quantitative estimate of drug-likeness (QED) is 0.717. The van der Waals surface area contributed by atoms with Crippen LogP contribution in [0.15, 0.2) is 71.7 Å². The monoisotopic (exact) mass is 341 g/mol. The molecule has 0 spiro atoms.